The lowest BCUT2D eigenvalue weighted by atomic mass is 9.99. The molecular weight excluding hydrogens is 703 g/mol. The summed E-state index contributed by atoms with van der Waals surface area (Å²) in [6, 6.07) is 73.1. The van der Waals surface area contributed by atoms with Gasteiger partial charge in [0.2, 0.25) is 0 Å². The highest BCUT2D eigenvalue weighted by Gasteiger charge is 2.24. The summed E-state index contributed by atoms with van der Waals surface area (Å²) in [6.45, 7) is 0. The first-order valence-electron chi connectivity index (χ1n) is 20.0. The fourth-order valence-corrected chi connectivity index (χ4v) is 9.86. The van der Waals surface area contributed by atoms with E-state index in [4.69, 9.17) is 4.98 Å². The molecule has 3 heteroatoms. The van der Waals surface area contributed by atoms with Crippen LogP contribution in [0.15, 0.2) is 200 Å². The summed E-state index contributed by atoms with van der Waals surface area (Å²) >= 11 is 0. The molecular formula is C55H33N3. The van der Waals surface area contributed by atoms with Crippen molar-refractivity contribution in [2.45, 2.75) is 0 Å². The molecule has 3 nitrogen and oxygen atoms in total. The van der Waals surface area contributed by atoms with Crippen molar-refractivity contribution in [3.63, 3.8) is 0 Å². The summed E-state index contributed by atoms with van der Waals surface area (Å²) in [4.78, 5) is 5.34. The van der Waals surface area contributed by atoms with Gasteiger partial charge in [-0.25, -0.2) is 4.98 Å². The number of hydrogen-bond acceptors (Lipinski definition) is 1. The summed E-state index contributed by atoms with van der Waals surface area (Å²) in [5.74, 6) is 0. The van der Waals surface area contributed by atoms with Gasteiger partial charge >= 0.3 is 0 Å². The first kappa shape index (κ1) is 31.5. The van der Waals surface area contributed by atoms with Crippen LogP contribution in [0, 0.1) is 0 Å². The molecule has 0 unspecified atom stereocenters. The van der Waals surface area contributed by atoms with Crippen molar-refractivity contribution in [1.82, 2.24) is 14.1 Å². The maximum Gasteiger partial charge on any atom is 0.0800 e. The molecule has 0 N–H and O–H groups in total. The number of aromatic nitrogens is 3. The Balaban J connectivity index is 0.976. The van der Waals surface area contributed by atoms with E-state index in [9.17, 15) is 0 Å². The Morgan fingerprint density at radius 2 is 0.931 bits per heavy atom. The maximum atomic E-state index is 5.34. The molecule has 0 spiro atoms. The fraction of sp³-hybridized carbons (Fsp3) is 0. The average Bonchev–Trinajstić information content (AvgIpc) is 3.93. The van der Waals surface area contributed by atoms with E-state index in [2.05, 4.69) is 209 Å². The van der Waals surface area contributed by atoms with E-state index in [1.54, 1.807) is 0 Å². The van der Waals surface area contributed by atoms with Crippen molar-refractivity contribution in [1.29, 1.82) is 0 Å². The molecule has 0 fully saturated rings. The van der Waals surface area contributed by atoms with Crippen LogP contribution in [0.5, 0.6) is 0 Å². The first-order chi connectivity index (χ1) is 28.8. The molecule has 9 aromatic carbocycles. The second-order valence-electron chi connectivity index (χ2n) is 15.5. The molecule has 13 rings (SSSR count). The lowest BCUT2D eigenvalue weighted by Gasteiger charge is -2.12. The molecule has 58 heavy (non-hydrogen) atoms. The Labute approximate surface area is 334 Å². The van der Waals surface area contributed by atoms with Gasteiger partial charge in [-0.15, -0.1) is 0 Å². The van der Waals surface area contributed by atoms with Crippen LogP contribution in [0.1, 0.15) is 0 Å². The van der Waals surface area contributed by atoms with Gasteiger partial charge < -0.3 is 9.13 Å². The molecule has 0 atom stereocenters. The molecule has 1 aliphatic rings. The Morgan fingerprint density at radius 3 is 1.81 bits per heavy atom. The lowest BCUT2D eigenvalue weighted by molar-refractivity contribution is 1.18. The Hall–Kier alpha value is -7.75. The predicted octanol–water partition coefficient (Wildman–Crippen LogP) is 14.6. The molecule has 3 aromatic heterocycles. The van der Waals surface area contributed by atoms with Crippen LogP contribution in [0.3, 0.4) is 0 Å². The molecule has 3 heterocycles. The van der Waals surface area contributed by atoms with Gasteiger partial charge in [0.25, 0.3) is 0 Å². The smallest absolute Gasteiger partial charge is 0.0800 e. The topological polar surface area (TPSA) is 22.8 Å². The second-order valence-corrected chi connectivity index (χ2v) is 15.5. The molecule has 0 aliphatic heterocycles. The lowest BCUT2D eigenvalue weighted by Crippen LogP contribution is -1.95. The van der Waals surface area contributed by atoms with Crippen molar-refractivity contribution in [2.24, 2.45) is 0 Å². The zero-order valence-corrected chi connectivity index (χ0v) is 31.4. The van der Waals surface area contributed by atoms with Gasteiger partial charge in [0.1, 0.15) is 0 Å². The monoisotopic (exact) mass is 735 g/mol. The van der Waals surface area contributed by atoms with Gasteiger partial charge in [0, 0.05) is 49.4 Å². The first-order valence-corrected chi connectivity index (χ1v) is 20.0. The van der Waals surface area contributed by atoms with Crippen molar-refractivity contribution < 1.29 is 0 Å². The molecule has 268 valence electrons. The van der Waals surface area contributed by atoms with Crippen LogP contribution in [-0.2, 0) is 0 Å². The van der Waals surface area contributed by atoms with E-state index >= 15 is 0 Å². The van der Waals surface area contributed by atoms with E-state index in [1.165, 1.54) is 98.7 Å². The summed E-state index contributed by atoms with van der Waals surface area (Å²) in [7, 11) is 0. The minimum absolute atomic E-state index is 0.984. The van der Waals surface area contributed by atoms with E-state index in [0.29, 0.717) is 0 Å². The zero-order valence-electron chi connectivity index (χ0n) is 31.4. The van der Waals surface area contributed by atoms with Crippen molar-refractivity contribution in [2.75, 3.05) is 0 Å². The van der Waals surface area contributed by atoms with Crippen LogP contribution in [0.4, 0.5) is 0 Å². The van der Waals surface area contributed by atoms with E-state index in [-0.39, 0.29) is 0 Å². The summed E-state index contributed by atoms with van der Waals surface area (Å²) in [5, 5.41) is 10.0. The highest BCUT2D eigenvalue weighted by Crippen LogP contribution is 2.47. The van der Waals surface area contributed by atoms with E-state index in [0.717, 1.165) is 22.6 Å². The van der Waals surface area contributed by atoms with Gasteiger partial charge in [-0.2, -0.15) is 0 Å². The molecule has 0 saturated carbocycles. The van der Waals surface area contributed by atoms with Crippen LogP contribution in [0.2, 0.25) is 0 Å². The zero-order chi connectivity index (χ0) is 37.9. The van der Waals surface area contributed by atoms with Gasteiger partial charge in [-0.1, -0.05) is 133 Å². The van der Waals surface area contributed by atoms with Crippen molar-refractivity contribution >= 4 is 65.2 Å². The third-order valence-corrected chi connectivity index (χ3v) is 12.4. The van der Waals surface area contributed by atoms with Crippen LogP contribution >= 0.6 is 0 Å². The minimum Gasteiger partial charge on any atom is -0.309 e. The fourth-order valence-electron chi connectivity index (χ4n) is 9.86. The number of benzene rings is 9. The second kappa shape index (κ2) is 11.9. The van der Waals surface area contributed by atoms with E-state index in [1.807, 2.05) is 0 Å². The summed E-state index contributed by atoms with van der Waals surface area (Å²) in [5.41, 5.74) is 16.4. The molecule has 0 radical (unpaired) electrons. The number of nitrogens with zero attached hydrogens (tertiary/aromatic N) is 3. The van der Waals surface area contributed by atoms with Crippen molar-refractivity contribution in [3.8, 4) is 56.1 Å². The van der Waals surface area contributed by atoms with Gasteiger partial charge in [0.15, 0.2) is 0 Å². The average molecular weight is 736 g/mol. The van der Waals surface area contributed by atoms with Gasteiger partial charge in [-0.05, 0) is 105 Å². The summed E-state index contributed by atoms with van der Waals surface area (Å²) < 4.78 is 4.82. The molecule has 0 amide bonds. The minimum atomic E-state index is 0.984. The number of hydrogen-bond donors (Lipinski definition) is 0. The molecule has 0 bridgehead atoms. The number of fused-ring (bicyclic) bond motifs is 11. The third-order valence-electron chi connectivity index (χ3n) is 12.4. The largest absolute Gasteiger partial charge is 0.309 e. The number of para-hydroxylation sites is 2. The maximum absolute atomic E-state index is 5.34. The van der Waals surface area contributed by atoms with Crippen LogP contribution in [-0.4, -0.2) is 14.1 Å². The third kappa shape index (κ3) is 4.41. The molecule has 0 saturated heterocycles. The van der Waals surface area contributed by atoms with Crippen molar-refractivity contribution in [3.05, 3.63) is 200 Å². The highest BCUT2D eigenvalue weighted by atomic mass is 15.0. The SMILES string of the molecule is c1ccc(-n2c3ccc(-c4ccc5c(c4)c4ccccc4n5-c4cccc(-c5cc6cccc7c6c(n5)-c5ccccc5-7)c4)cc3c3c4ccccc4ccc32)cc1. The van der Waals surface area contributed by atoms with Gasteiger partial charge in [0.05, 0.1) is 33.5 Å². The summed E-state index contributed by atoms with van der Waals surface area (Å²) in [6.07, 6.45) is 0. The standard InChI is InChI=1S/C55H33N3/c1-2-15-39(16-3-1)57-51-28-26-36(32-47(51)54-41-18-5-4-12-34(41)24-29-52(54)57)35-25-27-50-46(31-35)43-20-8-9-23-49(43)58(50)40-17-10-13-37(30-40)48-33-38-14-11-22-44-42-19-6-7-21-45(42)55(56-48)53(38)44/h1-33H. The number of rotatable bonds is 4. The Bertz CT molecular complexity index is 3680. The van der Waals surface area contributed by atoms with Crippen LogP contribution < -0.4 is 0 Å². The number of pyridine rings is 1. The normalized spacial score (nSPS) is 12.1. The predicted molar refractivity (Wildman–Crippen MR) is 243 cm³/mol. The molecule has 1 aliphatic carbocycles. The highest BCUT2D eigenvalue weighted by molar-refractivity contribution is 6.22. The Morgan fingerprint density at radius 1 is 0.310 bits per heavy atom. The van der Waals surface area contributed by atoms with E-state index < -0.39 is 0 Å². The van der Waals surface area contributed by atoms with Crippen LogP contribution in [0.25, 0.3) is 121 Å². The molecule has 12 aromatic rings. The quantitative estimate of drug-likeness (QED) is 0.176. The Kier molecular flexibility index (Phi) is 6.44. The van der Waals surface area contributed by atoms with Gasteiger partial charge in [-0.3, -0.25) is 0 Å².